The number of benzene rings is 6. The first-order valence-electron chi connectivity index (χ1n) is 19.9. The second-order valence-electron chi connectivity index (χ2n) is 15.2. The summed E-state index contributed by atoms with van der Waals surface area (Å²) in [6.45, 7) is 15.6. The Morgan fingerprint density at radius 3 is 1.93 bits per heavy atom. The monoisotopic (exact) mass is 739 g/mol. The lowest BCUT2D eigenvalue weighted by atomic mass is 9.81. The van der Waals surface area contributed by atoms with Crippen LogP contribution >= 0.6 is 0 Å². The molecule has 0 saturated carbocycles. The van der Waals surface area contributed by atoms with E-state index in [1.165, 1.54) is 44.7 Å². The van der Waals surface area contributed by atoms with Crippen molar-refractivity contribution in [3.05, 3.63) is 217 Å². The van der Waals surface area contributed by atoms with Crippen molar-refractivity contribution in [1.82, 2.24) is 0 Å². The van der Waals surface area contributed by atoms with E-state index in [0.29, 0.717) is 6.54 Å². The number of rotatable bonds is 12. The van der Waals surface area contributed by atoms with E-state index in [-0.39, 0.29) is 5.41 Å². The third-order valence-electron chi connectivity index (χ3n) is 11.4. The Morgan fingerprint density at radius 1 is 0.702 bits per heavy atom. The standard InChI is InChI=1S/C54H49N3/c1-6-17-48-49-34-33-47(37-51(49)54(3,4)50(48)7-2)57(46-31-26-42(27-32-46)40-18-11-8-12-19-40)45-29-24-39(25-30-45)38-56(44-22-15-10-16-23-44)53-35-28-43(36-52(53)55-5)41-20-13-9-14-21-41/h6-15,17-22,24-37H,2,5,16,23,38H2,1,3-4H3/b17-6-. The Balaban J connectivity index is 1.17. The number of allylic oxidation sites excluding steroid dienone is 9. The average molecular weight is 740 g/mol. The van der Waals surface area contributed by atoms with Crippen molar-refractivity contribution in [2.24, 2.45) is 4.99 Å². The Hall–Kier alpha value is -6.71. The summed E-state index contributed by atoms with van der Waals surface area (Å²) in [4.78, 5) is 9.34. The molecule has 2 aliphatic carbocycles. The summed E-state index contributed by atoms with van der Waals surface area (Å²) in [6, 6.07) is 52.5. The smallest absolute Gasteiger partial charge is 0.0865 e. The molecule has 0 fully saturated rings. The van der Waals surface area contributed by atoms with Gasteiger partial charge in [-0.05, 0) is 131 Å². The van der Waals surface area contributed by atoms with Gasteiger partial charge in [0.1, 0.15) is 0 Å². The molecule has 6 aromatic carbocycles. The molecule has 0 N–H and O–H groups in total. The van der Waals surface area contributed by atoms with Crippen LogP contribution in [-0.4, -0.2) is 6.72 Å². The molecule has 0 saturated heterocycles. The van der Waals surface area contributed by atoms with Gasteiger partial charge in [0.25, 0.3) is 0 Å². The molecule has 0 bridgehead atoms. The number of anilines is 4. The molecule has 280 valence electrons. The lowest BCUT2D eigenvalue weighted by molar-refractivity contribution is 0.654. The highest BCUT2D eigenvalue weighted by molar-refractivity contribution is 5.90. The molecule has 0 atom stereocenters. The summed E-state index contributed by atoms with van der Waals surface area (Å²) in [6.07, 6.45) is 15.0. The van der Waals surface area contributed by atoms with Crippen LogP contribution in [0, 0.1) is 0 Å². The van der Waals surface area contributed by atoms with Crippen molar-refractivity contribution < 1.29 is 0 Å². The van der Waals surface area contributed by atoms with Gasteiger partial charge in [-0.2, -0.15) is 0 Å². The fourth-order valence-corrected chi connectivity index (χ4v) is 8.42. The van der Waals surface area contributed by atoms with Gasteiger partial charge >= 0.3 is 0 Å². The lowest BCUT2D eigenvalue weighted by Crippen LogP contribution is -2.23. The first-order chi connectivity index (χ1) is 27.9. The highest BCUT2D eigenvalue weighted by Gasteiger charge is 2.36. The van der Waals surface area contributed by atoms with Crippen LogP contribution in [-0.2, 0) is 12.0 Å². The van der Waals surface area contributed by atoms with Crippen molar-refractivity contribution in [3.63, 3.8) is 0 Å². The van der Waals surface area contributed by atoms with Gasteiger partial charge in [-0.15, -0.1) is 0 Å². The van der Waals surface area contributed by atoms with Gasteiger partial charge < -0.3 is 9.80 Å². The van der Waals surface area contributed by atoms with Gasteiger partial charge in [-0.1, -0.05) is 148 Å². The molecule has 2 aliphatic rings. The van der Waals surface area contributed by atoms with E-state index in [4.69, 9.17) is 0 Å². The van der Waals surface area contributed by atoms with E-state index >= 15 is 0 Å². The summed E-state index contributed by atoms with van der Waals surface area (Å²) >= 11 is 0. The first-order valence-corrected chi connectivity index (χ1v) is 19.9. The molecule has 0 unspecified atom stereocenters. The highest BCUT2D eigenvalue weighted by Crippen LogP contribution is 2.49. The molecule has 0 radical (unpaired) electrons. The second-order valence-corrected chi connectivity index (χ2v) is 15.2. The number of aliphatic imine (C=N–C) groups is 1. The van der Waals surface area contributed by atoms with Gasteiger partial charge in [0.15, 0.2) is 0 Å². The molecule has 0 amide bonds. The quantitative estimate of drug-likeness (QED) is 0.116. The summed E-state index contributed by atoms with van der Waals surface area (Å²) in [5.74, 6) is 0. The largest absolute Gasteiger partial charge is 0.339 e. The van der Waals surface area contributed by atoms with Crippen molar-refractivity contribution in [1.29, 1.82) is 0 Å². The van der Waals surface area contributed by atoms with Gasteiger partial charge in [0, 0.05) is 34.7 Å². The van der Waals surface area contributed by atoms with Crippen molar-refractivity contribution in [2.75, 3.05) is 9.80 Å². The van der Waals surface area contributed by atoms with Crippen LogP contribution in [0.3, 0.4) is 0 Å². The van der Waals surface area contributed by atoms with Crippen LogP contribution < -0.4 is 9.80 Å². The first kappa shape index (κ1) is 37.2. The van der Waals surface area contributed by atoms with Gasteiger partial charge in [-0.3, -0.25) is 4.99 Å². The maximum atomic E-state index is 4.55. The van der Waals surface area contributed by atoms with Crippen molar-refractivity contribution in [2.45, 2.75) is 45.6 Å². The lowest BCUT2D eigenvalue weighted by Gasteiger charge is -2.31. The van der Waals surface area contributed by atoms with Gasteiger partial charge in [0.2, 0.25) is 0 Å². The molecule has 0 aromatic heterocycles. The summed E-state index contributed by atoms with van der Waals surface area (Å²) in [7, 11) is 0. The van der Waals surface area contributed by atoms with E-state index < -0.39 is 0 Å². The Morgan fingerprint density at radius 2 is 1.32 bits per heavy atom. The maximum absolute atomic E-state index is 4.55. The number of hydrogen-bond acceptors (Lipinski definition) is 3. The number of nitrogens with zero attached hydrogens (tertiary/aromatic N) is 3. The second kappa shape index (κ2) is 16.2. The Bertz CT molecular complexity index is 2530. The fraction of sp³-hybridized carbons (Fsp3) is 0.130. The van der Waals surface area contributed by atoms with Gasteiger partial charge in [0.05, 0.1) is 11.4 Å². The summed E-state index contributed by atoms with van der Waals surface area (Å²) < 4.78 is 0. The zero-order chi connectivity index (χ0) is 39.4. The van der Waals surface area contributed by atoms with E-state index in [9.17, 15) is 0 Å². The summed E-state index contributed by atoms with van der Waals surface area (Å²) in [5.41, 5.74) is 17.3. The molecular weight excluding hydrogens is 691 g/mol. The Kier molecular flexibility index (Phi) is 10.6. The van der Waals surface area contributed by atoms with Crippen molar-refractivity contribution >= 4 is 40.7 Å². The van der Waals surface area contributed by atoms with Gasteiger partial charge in [-0.25, -0.2) is 0 Å². The Labute approximate surface area is 338 Å². The minimum absolute atomic E-state index is 0.181. The zero-order valence-electron chi connectivity index (χ0n) is 33.2. The molecule has 3 heteroatoms. The molecule has 6 aromatic rings. The third-order valence-corrected chi connectivity index (χ3v) is 11.4. The predicted molar refractivity (Wildman–Crippen MR) is 245 cm³/mol. The molecule has 0 spiro atoms. The van der Waals surface area contributed by atoms with E-state index in [1.807, 2.05) is 12.1 Å². The SMILES string of the molecule is C=CC1=C(/C=C\C)c2ccc(N(c3ccc(CN(C4=CC=CCC4)c4ccc(-c5ccccc5)cc4N=C)cc3)c3ccc(-c4ccccc4)cc3)cc2C1(C)C. The zero-order valence-corrected chi connectivity index (χ0v) is 33.2. The van der Waals surface area contributed by atoms with Crippen LogP contribution in [0.25, 0.3) is 27.8 Å². The number of fused-ring (bicyclic) bond motifs is 1. The van der Waals surface area contributed by atoms with E-state index in [1.54, 1.807) is 0 Å². The normalized spacial score (nSPS) is 14.3. The topological polar surface area (TPSA) is 18.8 Å². The van der Waals surface area contributed by atoms with E-state index in [2.05, 4.69) is 219 Å². The van der Waals surface area contributed by atoms with Crippen LogP contribution in [0.15, 0.2) is 205 Å². The fourth-order valence-electron chi connectivity index (χ4n) is 8.42. The van der Waals surface area contributed by atoms with Crippen LogP contribution in [0.1, 0.15) is 50.3 Å². The van der Waals surface area contributed by atoms with Crippen molar-refractivity contribution in [3.8, 4) is 22.3 Å². The summed E-state index contributed by atoms with van der Waals surface area (Å²) in [5, 5.41) is 0. The molecule has 8 rings (SSSR count). The average Bonchev–Trinajstić information content (AvgIpc) is 3.48. The van der Waals surface area contributed by atoms with Crippen LogP contribution in [0.4, 0.5) is 28.4 Å². The number of hydrogen-bond donors (Lipinski definition) is 0. The molecular formula is C54H49N3. The third kappa shape index (κ3) is 7.37. The van der Waals surface area contributed by atoms with Crippen LogP contribution in [0.5, 0.6) is 0 Å². The minimum atomic E-state index is -0.181. The van der Waals surface area contributed by atoms with E-state index in [0.717, 1.165) is 52.4 Å². The highest BCUT2D eigenvalue weighted by atomic mass is 15.2. The molecule has 0 aliphatic heterocycles. The predicted octanol–water partition coefficient (Wildman–Crippen LogP) is 14.9. The van der Waals surface area contributed by atoms with Crippen LogP contribution in [0.2, 0.25) is 0 Å². The molecule has 3 nitrogen and oxygen atoms in total. The molecule has 57 heavy (non-hydrogen) atoms. The maximum Gasteiger partial charge on any atom is 0.0865 e. The minimum Gasteiger partial charge on any atom is -0.339 e. The molecule has 0 heterocycles.